The Hall–Kier alpha value is -3.58. The first kappa shape index (κ1) is 18.8. The molecule has 0 aliphatic heterocycles. The topological polar surface area (TPSA) is 68.1 Å². The van der Waals surface area contributed by atoms with E-state index in [1.165, 1.54) is 20.9 Å². The highest BCUT2D eigenvalue weighted by molar-refractivity contribution is 7.14. The van der Waals surface area contributed by atoms with E-state index < -0.39 is 0 Å². The zero-order chi connectivity index (χ0) is 20.2. The van der Waals surface area contributed by atoms with Gasteiger partial charge < -0.3 is 0 Å². The van der Waals surface area contributed by atoms with Gasteiger partial charge >= 0.3 is 0 Å². The third-order valence-electron chi connectivity index (χ3n) is 4.45. The van der Waals surface area contributed by atoms with Crippen molar-refractivity contribution in [1.82, 2.24) is 14.8 Å². The summed E-state index contributed by atoms with van der Waals surface area (Å²) in [5.41, 5.74) is 1.49. The number of hydrogen-bond donors (Lipinski definition) is 0. The molecular weight excluding hydrogens is 384 g/mol. The highest BCUT2D eigenvalue weighted by atomic mass is 32.1. The van der Waals surface area contributed by atoms with Gasteiger partial charge in [-0.25, -0.2) is 9.67 Å². The number of amides is 1. The molecule has 144 valence electrons. The van der Waals surface area contributed by atoms with Gasteiger partial charge in [-0.3, -0.25) is 14.5 Å². The summed E-state index contributed by atoms with van der Waals surface area (Å²) < 4.78 is 1.19. The maximum absolute atomic E-state index is 13.0. The molecule has 4 aromatic rings. The lowest BCUT2D eigenvalue weighted by molar-refractivity contribution is -0.119. The molecule has 6 nitrogen and oxygen atoms in total. The van der Waals surface area contributed by atoms with Crippen molar-refractivity contribution in [2.75, 3.05) is 11.4 Å². The lowest BCUT2D eigenvalue weighted by Gasteiger charge is -2.18. The number of benzene rings is 2. The van der Waals surface area contributed by atoms with E-state index in [9.17, 15) is 9.59 Å². The number of nitrogens with zero attached hydrogens (tertiary/aromatic N) is 4. The van der Waals surface area contributed by atoms with Crippen LogP contribution in [0.4, 0.5) is 5.13 Å². The Morgan fingerprint density at radius 1 is 1.14 bits per heavy atom. The molecule has 0 aliphatic carbocycles. The molecule has 0 saturated heterocycles. The molecule has 0 fully saturated rings. The SMILES string of the molecule is C=CCN(C(=O)Cn1ncc2ccccc2c1=O)c1nc(-c2ccccc2)cs1. The van der Waals surface area contributed by atoms with Crippen LogP contribution in [0.2, 0.25) is 0 Å². The Morgan fingerprint density at radius 2 is 1.90 bits per heavy atom. The maximum atomic E-state index is 13.0. The molecule has 2 heterocycles. The second-order valence-corrected chi connectivity index (χ2v) is 7.21. The summed E-state index contributed by atoms with van der Waals surface area (Å²) in [7, 11) is 0. The molecule has 4 rings (SSSR count). The number of thiazole rings is 1. The van der Waals surface area contributed by atoms with Crippen molar-refractivity contribution in [3.63, 3.8) is 0 Å². The summed E-state index contributed by atoms with van der Waals surface area (Å²) in [6.07, 6.45) is 3.23. The molecule has 2 aromatic heterocycles. The van der Waals surface area contributed by atoms with Gasteiger partial charge in [0.05, 0.1) is 17.3 Å². The minimum atomic E-state index is -0.292. The van der Waals surface area contributed by atoms with E-state index in [0.29, 0.717) is 17.1 Å². The first-order valence-electron chi connectivity index (χ1n) is 9.04. The van der Waals surface area contributed by atoms with Crippen LogP contribution < -0.4 is 10.5 Å². The molecule has 0 spiro atoms. The fourth-order valence-electron chi connectivity index (χ4n) is 3.00. The first-order valence-corrected chi connectivity index (χ1v) is 9.92. The molecule has 2 aromatic carbocycles. The predicted molar refractivity (Wildman–Crippen MR) is 116 cm³/mol. The van der Waals surface area contributed by atoms with Gasteiger partial charge in [0.2, 0.25) is 0 Å². The van der Waals surface area contributed by atoms with Crippen LogP contribution in [0.25, 0.3) is 22.0 Å². The molecule has 0 unspecified atom stereocenters. The molecule has 0 atom stereocenters. The van der Waals surface area contributed by atoms with Crippen molar-refractivity contribution in [2.45, 2.75) is 6.54 Å². The number of carbonyl (C=O) groups is 1. The van der Waals surface area contributed by atoms with Crippen LogP contribution in [0.5, 0.6) is 0 Å². The fraction of sp³-hybridized carbons (Fsp3) is 0.0909. The quantitative estimate of drug-likeness (QED) is 0.461. The first-order chi connectivity index (χ1) is 14.2. The van der Waals surface area contributed by atoms with E-state index in [1.54, 1.807) is 24.4 Å². The Balaban J connectivity index is 1.62. The van der Waals surface area contributed by atoms with Gasteiger partial charge in [-0.2, -0.15) is 5.10 Å². The van der Waals surface area contributed by atoms with Crippen LogP contribution in [0, 0.1) is 0 Å². The molecule has 1 amide bonds. The normalized spacial score (nSPS) is 10.8. The van der Waals surface area contributed by atoms with Gasteiger partial charge in [0, 0.05) is 22.9 Å². The van der Waals surface area contributed by atoms with E-state index in [4.69, 9.17) is 0 Å². The van der Waals surface area contributed by atoms with Gasteiger partial charge in [0.15, 0.2) is 5.13 Å². The van der Waals surface area contributed by atoms with Crippen molar-refractivity contribution in [3.05, 3.63) is 89.2 Å². The third kappa shape index (κ3) is 3.86. The zero-order valence-electron chi connectivity index (χ0n) is 15.6. The molecule has 0 N–H and O–H groups in total. The van der Waals surface area contributed by atoms with Crippen LogP contribution >= 0.6 is 11.3 Å². The van der Waals surface area contributed by atoms with Crippen LogP contribution in [-0.2, 0) is 11.3 Å². The average Bonchev–Trinajstić information content (AvgIpc) is 3.24. The van der Waals surface area contributed by atoms with E-state index >= 15 is 0 Å². The van der Waals surface area contributed by atoms with E-state index in [0.717, 1.165) is 16.6 Å². The molecule has 0 radical (unpaired) electrons. The summed E-state index contributed by atoms with van der Waals surface area (Å²) >= 11 is 1.38. The summed E-state index contributed by atoms with van der Waals surface area (Å²) in [5.74, 6) is -0.274. The fourth-order valence-corrected chi connectivity index (χ4v) is 3.86. The Kier molecular flexibility index (Phi) is 5.31. The standard InChI is InChI=1S/C22H18N4O2S/c1-2-12-25(22-24-19(15-29-22)16-8-4-3-5-9-16)20(27)14-26-21(28)18-11-7-6-10-17(18)13-23-26/h2-11,13,15H,1,12,14H2. The number of fused-ring (bicyclic) bond motifs is 1. The molecule has 0 aliphatic rings. The second kappa shape index (κ2) is 8.20. The van der Waals surface area contributed by atoms with Gasteiger partial charge in [-0.1, -0.05) is 54.6 Å². The van der Waals surface area contributed by atoms with Crippen LogP contribution in [0.15, 0.2) is 83.6 Å². The van der Waals surface area contributed by atoms with Crippen molar-refractivity contribution in [1.29, 1.82) is 0 Å². The van der Waals surface area contributed by atoms with Crippen LogP contribution in [0.1, 0.15) is 0 Å². The molecule has 0 saturated carbocycles. The minimum Gasteiger partial charge on any atom is -0.283 e. The van der Waals surface area contributed by atoms with Crippen molar-refractivity contribution < 1.29 is 4.79 Å². The second-order valence-electron chi connectivity index (χ2n) is 6.37. The van der Waals surface area contributed by atoms with E-state index in [2.05, 4.69) is 16.7 Å². The lowest BCUT2D eigenvalue weighted by atomic mass is 10.2. The number of hydrogen-bond acceptors (Lipinski definition) is 5. The summed E-state index contributed by atoms with van der Waals surface area (Å²) in [5, 5.41) is 7.90. The molecule has 7 heteroatoms. The molecule has 0 bridgehead atoms. The average molecular weight is 402 g/mol. The lowest BCUT2D eigenvalue weighted by Crippen LogP contribution is -2.37. The highest BCUT2D eigenvalue weighted by Crippen LogP contribution is 2.27. The molecular formula is C22H18N4O2S. The summed E-state index contributed by atoms with van der Waals surface area (Å²) in [6.45, 7) is 3.86. The Morgan fingerprint density at radius 3 is 2.69 bits per heavy atom. The van der Waals surface area contributed by atoms with Crippen molar-refractivity contribution >= 4 is 33.1 Å². The van der Waals surface area contributed by atoms with Crippen molar-refractivity contribution in [3.8, 4) is 11.3 Å². The minimum absolute atomic E-state index is 0.169. The predicted octanol–water partition coefficient (Wildman–Crippen LogP) is 3.74. The van der Waals surface area contributed by atoms with Gasteiger partial charge in [0.1, 0.15) is 6.54 Å². The number of carbonyl (C=O) groups excluding carboxylic acids is 1. The van der Waals surface area contributed by atoms with Crippen LogP contribution in [0.3, 0.4) is 0 Å². The van der Waals surface area contributed by atoms with Gasteiger partial charge in [-0.05, 0) is 6.07 Å². The highest BCUT2D eigenvalue weighted by Gasteiger charge is 2.20. The summed E-state index contributed by atoms with van der Waals surface area (Å²) in [4.78, 5) is 31.8. The zero-order valence-corrected chi connectivity index (χ0v) is 16.4. The van der Waals surface area contributed by atoms with Gasteiger partial charge in [0.25, 0.3) is 11.5 Å². The smallest absolute Gasteiger partial charge is 0.275 e. The number of rotatable bonds is 6. The van der Waals surface area contributed by atoms with Crippen LogP contribution in [-0.4, -0.2) is 27.2 Å². The monoisotopic (exact) mass is 402 g/mol. The van der Waals surface area contributed by atoms with E-state index in [-0.39, 0.29) is 18.0 Å². The van der Waals surface area contributed by atoms with E-state index in [1.807, 2.05) is 47.8 Å². The maximum Gasteiger partial charge on any atom is 0.275 e. The van der Waals surface area contributed by atoms with Crippen molar-refractivity contribution in [2.24, 2.45) is 0 Å². The third-order valence-corrected chi connectivity index (χ3v) is 5.32. The number of anilines is 1. The Labute approximate surface area is 171 Å². The Bertz CT molecular complexity index is 1230. The molecule has 29 heavy (non-hydrogen) atoms. The largest absolute Gasteiger partial charge is 0.283 e. The van der Waals surface area contributed by atoms with Gasteiger partial charge in [-0.15, -0.1) is 17.9 Å². The summed E-state index contributed by atoms with van der Waals surface area (Å²) in [6, 6.07) is 17.0. The number of aromatic nitrogens is 3.